The van der Waals surface area contributed by atoms with E-state index in [0.717, 1.165) is 30.7 Å². The lowest BCUT2D eigenvalue weighted by atomic mass is 10.1. The molecule has 0 aromatic carbocycles. The number of rotatable bonds is 5. The average Bonchev–Trinajstić information content (AvgIpc) is 3.02. The molecule has 1 aliphatic rings. The van der Waals surface area contributed by atoms with Crippen LogP contribution >= 0.6 is 0 Å². The lowest BCUT2D eigenvalue weighted by molar-refractivity contribution is 0.376. The Balaban J connectivity index is 1.68. The van der Waals surface area contributed by atoms with Gasteiger partial charge < -0.3 is 9.42 Å². The van der Waals surface area contributed by atoms with Crippen LogP contribution in [0.1, 0.15) is 25.2 Å². The summed E-state index contributed by atoms with van der Waals surface area (Å²) in [6, 6.07) is 3.85. The Hall–Kier alpha value is -2.00. The van der Waals surface area contributed by atoms with Crippen molar-refractivity contribution in [1.82, 2.24) is 19.8 Å². The third kappa shape index (κ3) is 4.26. The molecule has 0 atom stereocenters. The quantitative estimate of drug-likeness (QED) is 0.874. The minimum atomic E-state index is -3.29. The van der Waals surface area contributed by atoms with Crippen LogP contribution in [-0.2, 0) is 16.6 Å². The third-order valence-corrected chi connectivity index (χ3v) is 4.31. The molecule has 2 aromatic heterocycles. The van der Waals surface area contributed by atoms with E-state index in [9.17, 15) is 8.42 Å². The summed E-state index contributed by atoms with van der Waals surface area (Å²) in [5.74, 6) is 1.56. The van der Waals surface area contributed by atoms with E-state index < -0.39 is 10.0 Å². The van der Waals surface area contributed by atoms with Crippen molar-refractivity contribution in [2.24, 2.45) is 0 Å². The van der Waals surface area contributed by atoms with Crippen molar-refractivity contribution in [3.8, 4) is 11.4 Å². The number of hydrogen-bond donors (Lipinski definition) is 1. The van der Waals surface area contributed by atoms with Crippen LogP contribution in [0, 0.1) is 0 Å². The predicted molar refractivity (Wildman–Crippen MR) is 85.3 cm³/mol. The molecule has 0 amide bonds. The van der Waals surface area contributed by atoms with Crippen molar-refractivity contribution < 1.29 is 12.9 Å². The average molecular weight is 337 g/mol. The highest BCUT2D eigenvalue weighted by molar-refractivity contribution is 7.88. The van der Waals surface area contributed by atoms with E-state index in [1.165, 1.54) is 19.3 Å². The van der Waals surface area contributed by atoms with Crippen LogP contribution in [-0.4, -0.2) is 42.9 Å². The first-order chi connectivity index (χ1) is 11.0. The van der Waals surface area contributed by atoms with E-state index in [0.29, 0.717) is 5.82 Å². The molecule has 3 rings (SSSR count). The van der Waals surface area contributed by atoms with Crippen molar-refractivity contribution in [1.29, 1.82) is 0 Å². The maximum atomic E-state index is 11.1. The normalized spacial score (nSPS) is 15.8. The first-order valence-electron chi connectivity index (χ1n) is 7.50. The molecule has 1 aliphatic heterocycles. The molecule has 0 saturated carbocycles. The highest BCUT2D eigenvalue weighted by Crippen LogP contribution is 2.21. The van der Waals surface area contributed by atoms with E-state index in [4.69, 9.17) is 4.52 Å². The Morgan fingerprint density at radius 2 is 2.04 bits per heavy atom. The summed E-state index contributed by atoms with van der Waals surface area (Å²) in [5.41, 5.74) is 0.736. The zero-order valence-electron chi connectivity index (χ0n) is 12.9. The molecule has 1 saturated heterocycles. The van der Waals surface area contributed by atoms with Crippen LogP contribution in [0.15, 0.2) is 22.9 Å². The van der Waals surface area contributed by atoms with Gasteiger partial charge in [0.1, 0.15) is 5.82 Å². The predicted octanol–water partition coefficient (Wildman–Crippen LogP) is 1.17. The van der Waals surface area contributed by atoms with Crippen LogP contribution in [0.25, 0.3) is 11.4 Å². The van der Waals surface area contributed by atoms with Gasteiger partial charge in [0.2, 0.25) is 21.7 Å². The van der Waals surface area contributed by atoms with E-state index in [-0.39, 0.29) is 12.4 Å². The summed E-state index contributed by atoms with van der Waals surface area (Å²) >= 11 is 0. The van der Waals surface area contributed by atoms with E-state index in [1.54, 1.807) is 6.20 Å². The summed E-state index contributed by atoms with van der Waals surface area (Å²) in [4.78, 5) is 10.9. The van der Waals surface area contributed by atoms with Crippen molar-refractivity contribution >= 4 is 15.8 Å². The van der Waals surface area contributed by atoms with Gasteiger partial charge in [-0.15, -0.1) is 0 Å². The first kappa shape index (κ1) is 15.9. The van der Waals surface area contributed by atoms with Gasteiger partial charge in [-0.1, -0.05) is 5.16 Å². The molecule has 0 unspecified atom stereocenters. The molecule has 8 nitrogen and oxygen atoms in total. The Kier molecular flexibility index (Phi) is 4.58. The van der Waals surface area contributed by atoms with Gasteiger partial charge in [0, 0.05) is 24.8 Å². The van der Waals surface area contributed by atoms with Crippen molar-refractivity contribution in [3.63, 3.8) is 0 Å². The summed E-state index contributed by atoms with van der Waals surface area (Å²) in [6.07, 6.45) is 6.47. The standard InChI is InChI=1S/C14H19N5O3S/c1-23(20,21)16-10-13-17-14(18-22-13)11-5-6-12(15-9-11)19-7-3-2-4-8-19/h5-6,9,16H,2-4,7-8,10H2,1H3. The zero-order chi connectivity index (χ0) is 16.3. The molecule has 0 radical (unpaired) electrons. The molecular formula is C14H19N5O3S. The van der Waals surface area contributed by atoms with Crippen LogP contribution in [0.2, 0.25) is 0 Å². The SMILES string of the molecule is CS(=O)(=O)NCc1nc(-c2ccc(N3CCCCC3)nc2)no1. The van der Waals surface area contributed by atoms with Gasteiger partial charge in [-0.2, -0.15) is 4.98 Å². The highest BCUT2D eigenvalue weighted by Gasteiger charge is 2.14. The molecule has 3 heterocycles. The lowest BCUT2D eigenvalue weighted by Gasteiger charge is -2.27. The van der Waals surface area contributed by atoms with Gasteiger partial charge in [0.15, 0.2) is 0 Å². The summed E-state index contributed by atoms with van der Waals surface area (Å²) in [7, 11) is -3.29. The van der Waals surface area contributed by atoms with Crippen LogP contribution < -0.4 is 9.62 Å². The van der Waals surface area contributed by atoms with E-state index in [2.05, 4.69) is 24.7 Å². The Bertz CT molecular complexity index is 751. The lowest BCUT2D eigenvalue weighted by Crippen LogP contribution is -2.29. The summed E-state index contributed by atoms with van der Waals surface area (Å²) in [5, 5.41) is 3.85. The van der Waals surface area contributed by atoms with Crippen LogP contribution in [0.5, 0.6) is 0 Å². The maximum absolute atomic E-state index is 11.1. The number of anilines is 1. The smallest absolute Gasteiger partial charge is 0.242 e. The number of aromatic nitrogens is 3. The van der Waals surface area contributed by atoms with Crippen molar-refractivity contribution in [2.45, 2.75) is 25.8 Å². The minimum Gasteiger partial charge on any atom is -0.357 e. The number of nitrogens with one attached hydrogen (secondary N) is 1. The zero-order valence-corrected chi connectivity index (χ0v) is 13.7. The van der Waals surface area contributed by atoms with Crippen molar-refractivity contribution in [2.75, 3.05) is 24.2 Å². The topological polar surface area (TPSA) is 101 Å². The summed E-state index contributed by atoms with van der Waals surface area (Å²) < 4.78 is 29.5. The fourth-order valence-corrected chi connectivity index (χ4v) is 2.85. The number of sulfonamides is 1. The van der Waals surface area contributed by atoms with Crippen molar-refractivity contribution in [3.05, 3.63) is 24.2 Å². The Morgan fingerprint density at radius 3 is 2.70 bits per heavy atom. The van der Waals surface area contributed by atoms with E-state index >= 15 is 0 Å². The van der Waals surface area contributed by atoms with Gasteiger partial charge in [0.05, 0.1) is 12.8 Å². The van der Waals surface area contributed by atoms with Gasteiger partial charge in [-0.3, -0.25) is 0 Å². The fourth-order valence-electron chi connectivity index (χ4n) is 2.47. The second-order valence-electron chi connectivity index (χ2n) is 5.56. The van der Waals surface area contributed by atoms with Gasteiger partial charge >= 0.3 is 0 Å². The third-order valence-electron chi connectivity index (χ3n) is 3.64. The maximum Gasteiger partial charge on any atom is 0.242 e. The number of pyridine rings is 1. The van der Waals surface area contributed by atoms with Gasteiger partial charge in [-0.05, 0) is 31.4 Å². The number of nitrogens with zero attached hydrogens (tertiary/aromatic N) is 4. The molecule has 2 aromatic rings. The number of hydrogen-bond acceptors (Lipinski definition) is 7. The molecule has 0 aliphatic carbocycles. The second-order valence-corrected chi connectivity index (χ2v) is 7.39. The van der Waals surface area contributed by atoms with Crippen LogP contribution in [0.3, 0.4) is 0 Å². The fraction of sp³-hybridized carbons (Fsp3) is 0.500. The number of piperidine rings is 1. The molecule has 1 N–H and O–H groups in total. The Labute approximate surface area is 135 Å². The molecular weight excluding hydrogens is 318 g/mol. The summed E-state index contributed by atoms with van der Waals surface area (Å²) in [6.45, 7) is 2.05. The monoisotopic (exact) mass is 337 g/mol. The highest BCUT2D eigenvalue weighted by atomic mass is 32.2. The Morgan fingerprint density at radius 1 is 1.26 bits per heavy atom. The molecule has 23 heavy (non-hydrogen) atoms. The largest absolute Gasteiger partial charge is 0.357 e. The molecule has 9 heteroatoms. The van der Waals surface area contributed by atoms with E-state index in [1.807, 2.05) is 12.1 Å². The molecule has 1 fully saturated rings. The molecule has 0 bridgehead atoms. The molecule has 0 spiro atoms. The van der Waals surface area contributed by atoms with Gasteiger partial charge in [0.25, 0.3) is 0 Å². The second kappa shape index (κ2) is 6.63. The van der Waals surface area contributed by atoms with Crippen LogP contribution in [0.4, 0.5) is 5.82 Å². The molecule has 124 valence electrons. The minimum absolute atomic E-state index is 0.0227. The first-order valence-corrected chi connectivity index (χ1v) is 9.39. The van der Waals surface area contributed by atoms with Gasteiger partial charge in [-0.25, -0.2) is 18.1 Å².